The molecule has 0 aromatic rings. The van der Waals surface area contributed by atoms with Crippen molar-refractivity contribution in [2.24, 2.45) is 11.1 Å². The lowest BCUT2D eigenvalue weighted by Gasteiger charge is -2.40. The van der Waals surface area contributed by atoms with Crippen LogP contribution in [0, 0.1) is 5.41 Å². The van der Waals surface area contributed by atoms with Crippen LogP contribution in [0.4, 0.5) is 0 Å². The molecule has 2 aliphatic rings. The molecule has 2 aliphatic carbocycles. The van der Waals surface area contributed by atoms with Crippen molar-refractivity contribution in [3.05, 3.63) is 0 Å². The topological polar surface area (TPSA) is 46.3 Å². The molecule has 2 N–H and O–H groups in total. The van der Waals surface area contributed by atoms with E-state index in [1.54, 1.807) is 0 Å². The van der Waals surface area contributed by atoms with Gasteiger partial charge >= 0.3 is 0 Å². The molecule has 0 aromatic heterocycles. The fourth-order valence-corrected chi connectivity index (χ4v) is 2.80. The van der Waals surface area contributed by atoms with Gasteiger partial charge in [-0.05, 0) is 39.0 Å². The summed E-state index contributed by atoms with van der Waals surface area (Å²) < 4.78 is 0. The number of carbonyl (C=O) groups is 1. The van der Waals surface area contributed by atoms with E-state index < -0.39 is 0 Å². The maximum absolute atomic E-state index is 12.4. The second-order valence-corrected chi connectivity index (χ2v) is 5.42. The van der Waals surface area contributed by atoms with Crippen molar-refractivity contribution in [2.45, 2.75) is 57.5 Å². The van der Waals surface area contributed by atoms with Crippen LogP contribution in [0.25, 0.3) is 0 Å². The van der Waals surface area contributed by atoms with Gasteiger partial charge in [-0.3, -0.25) is 4.79 Å². The normalized spacial score (nSPS) is 36.3. The summed E-state index contributed by atoms with van der Waals surface area (Å²) in [5.74, 6) is 0.275. The summed E-state index contributed by atoms with van der Waals surface area (Å²) >= 11 is 0. The number of nitrogens with zero attached hydrogens (tertiary/aromatic N) is 1. The average molecular weight is 210 g/mol. The van der Waals surface area contributed by atoms with Crippen LogP contribution in [0.5, 0.6) is 0 Å². The van der Waals surface area contributed by atoms with E-state index in [2.05, 4.69) is 0 Å². The average Bonchev–Trinajstić information content (AvgIpc) is 2.44. The van der Waals surface area contributed by atoms with Gasteiger partial charge in [0.2, 0.25) is 5.91 Å². The Morgan fingerprint density at radius 3 is 2.40 bits per heavy atom. The number of hydrogen-bond donors (Lipinski definition) is 1. The van der Waals surface area contributed by atoms with Gasteiger partial charge in [0.15, 0.2) is 0 Å². The molecule has 3 heteroatoms. The van der Waals surface area contributed by atoms with E-state index in [0.29, 0.717) is 6.04 Å². The monoisotopic (exact) mass is 210 g/mol. The van der Waals surface area contributed by atoms with Gasteiger partial charge in [0.25, 0.3) is 0 Å². The van der Waals surface area contributed by atoms with Crippen LogP contribution in [0.15, 0.2) is 0 Å². The number of hydrogen-bond acceptors (Lipinski definition) is 2. The van der Waals surface area contributed by atoms with Gasteiger partial charge in [-0.25, -0.2) is 0 Å². The van der Waals surface area contributed by atoms with Crippen LogP contribution >= 0.6 is 0 Å². The number of carbonyl (C=O) groups excluding carboxylic acids is 1. The zero-order valence-corrected chi connectivity index (χ0v) is 9.83. The van der Waals surface area contributed by atoms with Crippen molar-refractivity contribution in [1.82, 2.24) is 4.90 Å². The van der Waals surface area contributed by atoms with Gasteiger partial charge < -0.3 is 10.6 Å². The first-order valence-electron chi connectivity index (χ1n) is 6.08. The van der Waals surface area contributed by atoms with Crippen LogP contribution in [0.3, 0.4) is 0 Å². The van der Waals surface area contributed by atoms with Crippen LogP contribution in [-0.2, 0) is 4.79 Å². The third-order valence-electron chi connectivity index (χ3n) is 4.46. The smallest absolute Gasteiger partial charge is 0.230 e. The van der Waals surface area contributed by atoms with Crippen LogP contribution in [0.2, 0.25) is 0 Å². The lowest BCUT2D eigenvalue weighted by atomic mass is 9.81. The van der Waals surface area contributed by atoms with Crippen molar-refractivity contribution in [2.75, 3.05) is 7.05 Å². The van der Waals surface area contributed by atoms with Gasteiger partial charge in [-0.2, -0.15) is 0 Å². The summed E-state index contributed by atoms with van der Waals surface area (Å²) in [5.41, 5.74) is 5.78. The highest BCUT2D eigenvalue weighted by Gasteiger charge is 2.45. The Morgan fingerprint density at radius 1 is 1.33 bits per heavy atom. The van der Waals surface area contributed by atoms with Crippen molar-refractivity contribution in [3.63, 3.8) is 0 Å². The van der Waals surface area contributed by atoms with Crippen molar-refractivity contribution >= 4 is 5.91 Å². The Kier molecular flexibility index (Phi) is 2.75. The number of nitrogens with two attached hydrogens (primary N) is 1. The first kappa shape index (κ1) is 10.9. The highest BCUT2D eigenvalue weighted by Crippen LogP contribution is 2.39. The van der Waals surface area contributed by atoms with Crippen LogP contribution < -0.4 is 5.73 Å². The van der Waals surface area contributed by atoms with Crippen LogP contribution in [0.1, 0.15) is 45.4 Å². The van der Waals surface area contributed by atoms with Crippen molar-refractivity contribution in [3.8, 4) is 0 Å². The van der Waals surface area contributed by atoms with E-state index in [4.69, 9.17) is 5.73 Å². The third kappa shape index (κ3) is 1.67. The van der Waals surface area contributed by atoms with Crippen molar-refractivity contribution in [1.29, 1.82) is 0 Å². The fourth-order valence-electron chi connectivity index (χ4n) is 2.80. The summed E-state index contributed by atoms with van der Waals surface area (Å²) in [6.07, 6.45) is 6.68. The van der Waals surface area contributed by atoms with Gasteiger partial charge in [-0.1, -0.05) is 6.42 Å². The summed E-state index contributed by atoms with van der Waals surface area (Å²) in [5, 5.41) is 0. The second kappa shape index (κ2) is 3.78. The molecule has 2 unspecified atom stereocenters. The molecule has 2 saturated carbocycles. The Labute approximate surface area is 92.0 Å². The molecule has 0 aliphatic heterocycles. The zero-order valence-electron chi connectivity index (χ0n) is 9.83. The predicted molar refractivity (Wildman–Crippen MR) is 60.3 cm³/mol. The lowest BCUT2D eigenvalue weighted by Crippen LogP contribution is -2.52. The quantitative estimate of drug-likeness (QED) is 0.751. The standard InChI is InChI=1S/C12H22N2O/c1-12(8-4-7-10(12)13)11(15)14(2)9-5-3-6-9/h9-10H,3-8,13H2,1-2H3. The Bertz CT molecular complexity index is 262. The molecule has 0 heterocycles. The minimum absolute atomic E-state index is 0.0625. The number of amides is 1. The Balaban J connectivity index is 2.05. The van der Waals surface area contributed by atoms with Gasteiger partial charge in [-0.15, -0.1) is 0 Å². The van der Waals surface area contributed by atoms with Gasteiger partial charge in [0.05, 0.1) is 5.41 Å². The van der Waals surface area contributed by atoms with Crippen molar-refractivity contribution < 1.29 is 4.79 Å². The molecule has 2 fully saturated rings. The molecule has 3 nitrogen and oxygen atoms in total. The molecule has 2 rings (SSSR count). The molecule has 15 heavy (non-hydrogen) atoms. The fraction of sp³-hybridized carbons (Fsp3) is 0.917. The van der Waals surface area contributed by atoms with Gasteiger partial charge in [0, 0.05) is 19.1 Å². The predicted octanol–water partition coefficient (Wildman–Crippen LogP) is 1.51. The molecule has 1 amide bonds. The molecular weight excluding hydrogens is 188 g/mol. The lowest BCUT2D eigenvalue weighted by molar-refractivity contribution is -0.144. The first-order valence-corrected chi connectivity index (χ1v) is 6.08. The third-order valence-corrected chi connectivity index (χ3v) is 4.46. The highest BCUT2D eigenvalue weighted by atomic mass is 16.2. The van der Waals surface area contributed by atoms with E-state index in [9.17, 15) is 4.79 Å². The Hall–Kier alpha value is -0.570. The van der Waals surface area contributed by atoms with E-state index in [1.165, 1.54) is 19.3 Å². The minimum Gasteiger partial charge on any atom is -0.342 e. The molecule has 0 bridgehead atoms. The van der Waals surface area contributed by atoms with E-state index >= 15 is 0 Å². The maximum Gasteiger partial charge on any atom is 0.230 e. The highest BCUT2D eigenvalue weighted by molar-refractivity contribution is 5.83. The maximum atomic E-state index is 12.4. The summed E-state index contributed by atoms with van der Waals surface area (Å²) in [6, 6.07) is 0.551. The van der Waals surface area contributed by atoms with E-state index in [-0.39, 0.29) is 17.4 Å². The van der Waals surface area contributed by atoms with E-state index in [1.807, 2.05) is 18.9 Å². The SMILES string of the molecule is CN(C(=O)C1(C)CCCC1N)C1CCC1. The summed E-state index contributed by atoms with van der Waals surface area (Å²) in [6.45, 7) is 2.04. The second-order valence-electron chi connectivity index (χ2n) is 5.42. The minimum atomic E-state index is -0.287. The van der Waals surface area contributed by atoms with Crippen LogP contribution in [-0.4, -0.2) is 29.9 Å². The molecule has 0 radical (unpaired) electrons. The zero-order chi connectivity index (χ0) is 11.1. The Morgan fingerprint density at radius 2 is 2.00 bits per heavy atom. The van der Waals surface area contributed by atoms with E-state index in [0.717, 1.165) is 19.3 Å². The number of rotatable bonds is 2. The molecular formula is C12H22N2O. The molecule has 0 spiro atoms. The molecule has 86 valence electrons. The summed E-state index contributed by atoms with van der Waals surface area (Å²) in [7, 11) is 1.95. The molecule has 0 aromatic carbocycles. The first-order chi connectivity index (χ1) is 7.05. The van der Waals surface area contributed by atoms with Gasteiger partial charge in [0.1, 0.15) is 0 Å². The molecule has 2 atom stereocenters. The summed E-state index contributed by atoms with van der Waals surface area (Å²) in [4.78, 5) is 14.3. The molecule has 0 saturated heterocycles. The largest absolute Gasteiger partial charge is 0.342 e.